The number of hydrogen-bond donors (Lipinski definition) is 2. The molecule has 76 valence electrons. The third kappa shape index (κ3) is 3.30. The van der Waals surface area contributed by atoms with E-state index in [2.05, 4.69) is 5.32 Å². The van der Waals surface area contributed by atoms with E-state index in [9.17, 15) is 9.18 Å². The zero-order chi connectivity index (χ0) is 9.68. The van der Waals surface area contributed by atoms with Crippen molar-refractivity contribution in [3.05, 3.63) is 0 Å². The molecule has 4 heteroatoms. The second-order valence-electron chi connectivity index (χ2n) is 3.53. The lowest BCUT2D eigenvalue weighted by Gasteiger charge is -2.14. The molecule has 1 rings (SSSR count). The fourth-order valence-corrected chi connectivity index (χ4v) is 1.62. The lowest BCUT2D eigenvalue weighted by Crippen LogP contribution is -2.31. The van der Waals surface area contributed by atoms with Crippen LogP contribution in [-0.4, -0.2) is 30.3 Å². The third-order valence-electron chi connectivity index (χ3n) is 2.38. The van der Waals surface area contributed by atoms with Gasteiger partial charge in [0.1, 0.15) is 6.67 Å². The Balaban J connectivity index is 2.40. The van der Waals surface area contributed by atoms with E-state index in [1.165, 1.54) is 0 Å². The van der Waals surface area contributed by atoms with Crippen LogP contribution in [-0.2, 0) is 4.79 Å². The van der Waals surface area contributed by atoms with Gasteiger partial charge in [-0.25, -0.2) is 4.39 Å². The van der Waals surface area contributed by atoms with Crippen LogP contribution < -0.4 is 5.32 Å². The Morgan fingerprint density at radius 1 is 1.62 bits per heavy atom. The van der Waals surface area contributed by atoms with E-state index in [-0.39, 0.29) is 18.2 Å². The summed E-state index contributed by atoms with van der Waals surface area (Å²) in [5.74, 6) is -0.238. The Hall–Kier alpha value is -0.640. The molecule has 0 aliphatic carbocycles. The monoisotopic (exact) mass is 189 g/mol. The number of nitrogens with one attached hydrogen (secondary N) is 1. The van der Waals surface area contributed by atoms with Crippen LogP contribution in [0.5, 0.6) is 0 Å². The first-order valence-electron chi connectivity index (χ1n) is 4.75. The van der Waals surface area contributed by atoms with Crippen molar-refractivity contribution >= 4 is 5.91 Å². The first-order chi connectivity index (χ1) is 6.24. The summed E-state index contributed by atoms with van der Waals surface area (Å²) < 4.78 is 12.0. The van der Waals surface area contributed by atoms with Gasteiger partial charge < -0.3 is 10.4 Å². The molecule has 2 unspecified atom stereocenters. The molecule has 0 aromatic rings. The van der Waals surface area contributed by atoms with E-state index in [0.29, 0.717) is 6.54 Å². The van der Waals surface area contributed by atoms with Crippen molar-refractivity contribution < 1.29 is 14.3 Å². The van der Waals surface area contributed by atoms with Crippen molar-refractivity contribution in [1.82, 2.24) is 5.32 Å². The number of halogens is 1. The Morgan fingerprint density at radius 3 is 3.08 bits per heavy atom. The Bertz CT molecular complexity index is 175. The Kier molecular flexibility index (Phi) is 4.15. The Morgan fingerprint density at radius 2 is 2.38 bits per heavy atom. The molecule has 0 saturated carbocycles. The van der Waals surface area contributed by atoms with Crippen LogP contribution in [0.1, 0.15) is 25.7 Å². The molecule has 1 saturated heterocycles. The highest BCUT2D eigenvalue weighted by Gasteiger charge is 2.23. The van der Waals surface area contributed by atoms with Gasteiger partial charge in [-0.15, -0.1) is 0 Å². The lowest BCUT2D eigenvalue weighted by atomic mass is 9.96. The number of carbonyl (C=O) groups is 1. The highest BCUT2D eigenvalue weighted by molar-refractivity contribution is 5.78. The number of alkyl halides is 1. The van der Waals surface area contributed by atoms with Gasteiger partial charge in [-0.05, 0) is 19.3 Å². The van der Waals surface area contributed by atoms with E-state index < -0.39 is 12.8 Å². The maximum Gasteiger partial charge on any atom is 0.223 e. The summed E-state index contributed by atoms with van der Waals surface area (Å²) in [7, 11) is 0. The molecular formula is C9H16FNO2. The maximum absolute atomic E-state index is 12.0. The van der Waals surface area contributed by atoms with Crippen molar-refractivity contribution in [1.29, 1.82) is 0 Å². The van der Waals surface area contributed by atoms with E-state index in [0.717, 1.165) is 19.3 Å². The molecule has 1 amide bonds. The number of aliphatic hydroxyl groups excluding tert-OH is 1. The van der Waals surface area contributed by atoms with Gasteiger partial charge in [0.15, 0.2) is 0 Å². The van der Waals surface area contributed by atoms with Gasteiger partial charge in [-0.3, -0.25) is 4.79 Å². The summed E-state index contributed by atoms with van der Waals surface area (Å²) >= 11 is 0. The smallest absolute Gasteiger partial charge is 0.223 e. The number of carbonyl (C=O) groups excluding carboxylic acids is 1. The predicted molar refractivity (Wildman–Crippen MR) is 46.9 cm³/mol. The zero-order valence-electron chi connectivity index (χ0n) is 7.63. The molecule has 0 radical (unpaired) electrons. The van der Waals surface area contributed by atoms with E-state index in [4.69, 9.17) is 5.11 Å². The van der Waals surface area contributed by atoms with Gasteiger partial charge in [0.2, 0.25) is 5.91 Å². The summed E-state index contributed by atoms with van der Waals surface area (Å²) in [4.78, 5) is 11.3. The third-order valence-corrected chi connectivity index (χ3v) is 2.38. The minimum absolute atomic E-state index is 0.0370. The quantitative estimate of drug-likeness (QED) is 0.684. The molecule has 3 nitrogen and oxygen atoms in total. The molecule has 1 aliphatic heterocycles. The van der Waals surface area contributed by atoms with Gasteiger partial charge in [-0.1, -0.05) is 6.42 Å². The normalized spacial score (nSPS) is 26.3. The Labute approximate surface area is 77.3 Å². The molecular weight excluding hydrogens is 173 g/mol. The van der Waals surface area contributed by atoms with E-state index >= 15 is 0 Å². The van der Waals surface area contributed by atoms with Crippen LogP contribution >= 0.6 is 0 Å². The van der Waals surface area contributed by atoms with Crippen LogP contribution in [0.3, 0.4) is 0 Å². The molecule has 1 heterocycles. The minimum Gasteiger partial charge on any atom is -0.390 e. The van der Waals surface area contributed by atoms with Crippen molar-refractivity contribution in [2.45, 2.75) is 31.8 Å². The first kappa shape index (κ1) is 10.4. The molecule has 0 bridgehead atoms. The zero-order valence-corrected chi connectivity index (χ0v) is 7.63. The molecule has 0 aromatic carbocycles. The van der Waals surface area contributed by atoms with Crippen molar-refractivity contribution in [3.63, 3.8) is 0 Å². The molecule has 1 aliphatic rings. The molecule has 2 N–H and O–H groups in total. The molecule has 13 heavy (non-hydrogen) atoms. The lowest BCUT2D eigenvalue weighted by molar-refractivity contribution is -0.125. The second kappa shape index (κ2) is 5.17. The van der Waals surface area contributed by atoms with Gasteiger partial charge in [0.25, 0.3) is 0 Å². The fourth-order valence-electron chi connectivity index (χ4n) is 1.62. The number of hydrogen-bond acceptors (Lipinski definition) is 2. The van der Waals surface area contributed by atoms with Crippen molar-refractivity contribution in [2.24, 2.45) is 5.92 Å². The van der Waals surface area contributed by atoms with Crippen LogP contribution in [0.4, 0.5) is 4.39 Å². The van der Waals surface area contributed by atoms with E-state index in [1.54, 1.807) is 0 Å². The first-order valence-corrected chi connectivity index (χ1v) is 4.75. The minimum atomic E-state index is -0.978. The molecule has 0 spiro atoms. The molecule has 0 aromatic heterocycles. The van der Waals surface area contributed by atoms with Crippen LogP contribution in [0.2, 0.25) is 0 Å². The van der Waals surface area contributed by atoms with Crippen LogP contribution in [0.15, 0.2) is 0 Å². The van der Waals surface area contributed by atoms with Gasteiger partial charge in [0, 0.05) is 12.5 Å². The predicted octanol–water partition coefficient (Wildman–Crippen LogP) is 0.623. The summed E-state index contributed by atoms with van der Waals surface area (Å²) in [5, 5.41) is 11.8. The largest absolute Gasteiger partial charge is 0.390 e. The second-order valence-corrected chi connectivity index (χ2v) is 3.53. The summed E-state index contributed by atoms with van der Waals surface area (Å²) in [5.41, 5.74) is 0. The standard InChI is InChI=1S/C9H16FNO2/c10-6-8(12)5-7-3-1-2-4-11-9(7)13/h7-8,12H,1-6H2,(H,11,13). The topological polar surface area (TPSA) is 49.3 Å². The van der Waals surface area contributed by atoms with E-state index in [1.807, 2.05) is 0 Å². The van der Waals surface area contributed by atoms with Gasteiger partial charge in [0.05, 0.1) is 6.10 Å². The van der Waals surface area contributed by atoms with Crippen LogP contribution in [0.25, 0.3) is 0 Å². The fraction of sp³-hybridized carbons (Fsp3) is 0.889. The molecule has 2 atom stereocenters. The van der Waals surface area contributed by atoms with Crippen molar-refractivity contribution in [2.75, 3.05) is 13.2 Å². The summed E-state index contributed by atoms with van der Waals surface area (Å²) in [6, 6.07) is 0. The maximum atomic E-state index is 12.0. The van der Waals surface area contributed by atoms with Gasteiger partial charge in [-0.2, -0.15) is 0 Å². The van der Waals surface area contributed by atoms with Gasteiger partial charge >= 0.3 is 0 Å². The van der Waals surface area contributed by atoms with Crippen LogP contribution in [0, 0.1) is 5.92 Å². The van der Waals surface area contributed by atoms with Crippen molar-refractivity contribution in [3.8, 4) is 0 Å². The summed E-state index contributed by atoms with van der Waals surface area (Å²) in [6.45, 7) is -0.0508. The average Bonchev–Trinajstić information content (AvgIpc) is 2.32. The number of aliphatic hydroxyl groups is 1. The number of amides is 1. The highest BCUT2D eigenvalue weighted by Crippen LogP contribution is 2.17. The SMILES string of the molecule is O=C1NCCCCC1CC(O)CF. The summed E-state index contributed by atoms with van der Waals surface area (Å²) in [6.07, 6.45) is 2.00. The number of rotatable bonds is 3. The highest BCUT2D eigenvalue weighted by atomic mass is 19.1. The molecule has 1 fully saturated rings. The average molecular weight is 189 g/mol.